The summed E-state index contributed by atoms with van der Waals surface area (Å²) in [6.45, 7) is 26.1. The number of hydrogen-bond acceptors (Lipinski definition) is 10. The van der Waals surface area contributed by atoms with Crippen LogP contribution in [0.1, 0.15) is 160 Å². The maximum Gasteiger partial charge on any atom is 0.306 e. The van der Waals surface area contributed by atoms with Crippen molar-refractivity contribution in [2.45, 2.75) is 206 Å². The number of ether oxygens (including phenoxy) is 4. The lowest BCUT2D eigenvalue weighted by molar-refractivity contribution is -0.308. The molecule has 2 heterocycles. The van der Waals surface area contributed by atoms with Gasteiger partial charge in [0.2, 0.25) is 0 Å². The predicted octanol–water partition coefficient (Wildman–Crippen LogP) is 7.95. The van der Waals surface area contributed by atoms with Crippen molar-refractivity contribution in [3.8, 4) is 0 Å². The maximum absolute atomic E-state index is 12.7. The Labute approximate surface area is 293 Å². The summed E-state index contributed by atoms with van der Waals surface area (Å²) in [4.78, 5) is 38.0. The van der Waals surface area contributed by atoms with Gasteiger partial charge in [0.25, 0.3) is 0 Å². The van der Waals surface area contributed by atoms with Gasteiger partial charge >= 0.3 is 11.9 Å². The van der Waals surface area contributed by atoms with Crippen molar-refractivity contribution in [2.75, 3.05) is 27.4 Å². The van der Waals surface area contributed by atoms with Crippen LogP contribution in [-0.4, -0.2) is 95.1 Å². The fourth-order valence-corrected chi connectivity index (χ4v) is 7.50. The molecular formula is C38H72N2O8. The molecular weight excluding hydrogens is 612 g/mol. The van der Waals surface area contributed by atoms with Crippen LogP contribution in [0.2, 0.25) is 0 Å². The minimum absolute atomic E-state index is 0.119. The first-order chi connectivity index (χ1) is 22.0. The number of carbonyl (C=O) groups is 2. The standard InChI is InChI=1S/C38H72N2O8/c1-33(2)23-29(24-34(3,4)39(33)45-27-37(9,10)43-13)47-31(41)21-19-17-15-16-18-20-22-32(42)48-30-25-35(5,6)40(36(7,8)26-30)46-28-38(11,12)44-14/h29-30H,15-28H2,1-14H3. The van der Waals surface area contributed by atoms with Gasteiger partial charge in [-0.05, 0) is 95.9 Å². The Balaban J connectivity index is 1.64. The second kappa shape index (κ2) is 17.3. The Morgan fingerprint density at radius 2 is 0.812 bits per heavy atom. The highest BCUT2D eigenvalue weighted by Crippen LogP contribution is 2.41. The molecule has 0 unspecified atom stereocenters. The summed E-state index contributed by atoms with van der Waals surface area (Å²) < 4.78 is 23.0. The molecule has 2 aliphatic rings. The summed E-state index contributed by atoms with van der Waals surface area (Å²) in [5, 5.41) is 4.13. The molecule has 0 saturated carbocycles. The molecule has 0 bridgehead atoms. The van der Waals surface area contributed by atoms with Gasteiger partial charge in [0.15, 0.2) is 0 Å². The van der Waals surface area contributed by atoms with E-state index in [4.69, 9.17) is 28.6 Å². The highest BCUT2D eigenvalue weighted by atomic mass is 16.7. The van der Waals surface area contributed by atoms with Crippen LogP contribution in [0.5, 0.6) is 0 Å². The van der Waals surface area contributed by atoms with Crippen LogP contribution in [0.3, 0.4) is 0 Å². The van der Waals surface area contributed by atoms with Crippen molar-refractivity contribution in [3.05, 3.63) is 0 Å². The average Bonchev–Trinajstić information content (AvgIpc) is 2.91. The van der Waals surface area contributed by atoms with Crippen LogP contribution in [0.15, 0.2) is 0 Å². The Morgan fingerprint density at radius 3 is 1.08 bits per heavy atom. The molecule has 0 aromatic rings. The normalized spacial score (nSPS) is 22.0. The summed E-state index contributed by atoms with van der Waals surface area (Å²) in [6.07, 6.45) is 9.14. The zero-order chi connectivity index (χ0) is 36.6. The van der Waals surface area contributed by atoms with Crippen LogP contribution in [0.4, 0.5) is 0 Å². The Kier molecular flexibility index (Phi) is 15.4. The molecule has 0 aromatic carbocycles. The zero-order valence-electron chi connectivity index (χ0n) is 33.2. The lowest BCUT2D eigenvalue weighted by atomic mass is 9.80. The molecule has 0 radical (unpaired) electrons. The smallest absolute Gasteiger partial charge is 0.306 e. The number of esters is 2. The van der Waals surface area contributed by atoms with E-state index in [-0.39, 0.29) is 57.5 Å². The van der Waals surface area contributed by atoms with Crippen molar-refractivity contribution in [1.82, 2.24) is 10.1 Å². The molecule has 2 fully saturated rings. The van der Waals surface area contributed by atoms with E-state index in [9.17, 15) is 9.59 Å². The van der Waals surface area contributed by atoms with Crippen LogP contribution < -0.4 is 0 Å². The van der Waals surface area contributed by atoms with Gasteiger partial charge in [0, 0.05) is 74.9 Å². The number of hydrogen-bond donors (Lipinski definition) is 0. The lowest BCUT2D eigenvalue weighted by Gasteiger charge is -2.53. The number of methoxy groups -OCH3 is 2. The molecule has 0 aliphatic carbocycles. The fourth-order valence-electron chi connectivity index (χ4n) is 7.50. The Morgan fingerprint density at radius 1 is 0.542 bits per heavy atom. The molecule has 10 heteroatoms. The summed E-state index contributed by atoms with van der Waals surface area (Å²) in [6, 6.07) is 0. The van der Waals surface area contributed by atoms with Gasteiger partial charge in [-0.2, -0.15) is 10.1 Å². The lowest BCUT2D eigenvalue weighted by Crippen LogP contribution is -2.62. The van der Waals surface area contributed by atoms with Crippen LogP contribution >= 0.6 is 0 Å². The number of nitrogens with zero attached hydrogens (tertiary/aromatic N) is 2. The number of piperidine rings is 2. The van der Waals surface area contributed by atoms with Crippen molar-refractivity contribution < 1.29 is 38.2 Å². The van der Waals surface area contributed by atoms with Crippen molar-refractivity contribution in [2.24, 2.45) is 0 Å². The van der Waals surface area contributed by atoms with E-state index in [2.05, 4.69) is 65.5 Å². The van der Waals surface area contributed by atoms with Gasteiger partial charge < -0.3 is 18.9 Å². The van der Waals surface area contributed by atoms with Crippen molar-refractivity contribution >= 4 is 11.9 Å². The summed E-state index contributed by atoms with van der Waals surface area (Å²) in [5.74, 6) is -0.237. The molecule has 10 nitrogen and oxygen atoms in total. The third-order valence-corrected chi connectivity index (χ3v) is 9.90. The SMILES string of the molecule is COC(C)(C)CON1C(C)(C)CC(OC(=O)CCCCCCCCC(=O)OC2CC(C)(C)N(OCC(C)(C)OC)C(C)(C)C2)CC1(C)C. The van der Waals surface area contributed by atoms with Crippen molar-refractivity contribution in [1.29, 1.82) is 0 Å². The second-order valence-electron chi connectivity index (χ2n) is 18.0. The minimum atomic E-state index is -0.381. The van der Waals surface area contributed by atoms with E-state index >= 15 is 0 Å². The molecule has 0 amide bonds. The van der Waals surface area contributed by atoms with E-state index < -0.39 is 0 Å². The monoisotopic (exact) mass is 685 g/mol. The first-order valence-electron chi connectivity index (χ1n) is 18.3. The average molecular weight is 685 g/mol. The molecule has 48 heavy (non-hydrogen) atoms. The molecule has 0 spiro atoms. The number of carbonyl (C=O) groups excluding carboxylic acids is 2. The van der Waals surface area contributed by atoms with Crippen molar-refractivity contribution in [3.63, 3.8) is 0 Å². The first-order valence-corrected chi connectivity index (χ1v) is 18.3. The Hall–Kier alpha value is -1.30. The minimum Gasteiger partial charge on any atom is -0.462 e. The van der Waals surface area contributed by atoms with E-state index in [0.717, 1.165) is 38.5 Å². The van der Waals surface area contributed by atoms with Gasteiger partial charge in [-0.25, -0.2) is 0 Å². The predicted molar refractivity (Wildman–Crippen MR) is 189 cm³/mol. The van der Waals surface area contributed by atoms with Gasteiger partial charge in [-0.1, -0.05) is 25.7 Å². The van der Waals surface area contributed by atoms with Gasteiger partial charge in [0.05, 0.1) is 24.4 Å². The molecule has 0 N–H and O–H groups in total. The first kappa shape index (κ1) is 42.9. The molecule has 282 valence electrons. The van der Waals surface area contributed by atoms with Crippen LogP contribution in [-0.2, 0) is 38.2 Å². The van der Waals surface area contributed by atoms with Gasteiger partial charge in [0.1, 0.15) is 12.2 Å². The quantitative estimate of drug-likeness (QED) is 0.0985. The van der Waals surface area contributed by atoms with Gasteiger partial charge in [-0.15, -0.1) is 0 Å². The fraction of sp³-hybridized carbons (Fsp3) is 0.947. The number of rotatable bonds is 19. The molecule has 0 atom stereocenters. The summed E-state index contributed by atoms with van der Waals surface area (Å²) in [7, 11) is 3.39. The molecule has 2 aliphatic heterocycles. The third kappa shape index (κ3) is 13.4. The van der Waals surface area contributed by atoms with E-state index in [0.29, 0.717) is 51.7 Å². The van der Waals surface area contributed by atoms with Crippen LogP contribution in [0, 0.1) is 0 Å². The summed E-state index contributed by atoms with van der Waals surface area (Å²) in [5.41, 5.74) is -1.91. The van der Waals surface area contributed by atoms with Gasteiger partial charge in [-0.3, -0.25) is 19.3 Å². The highest BCUT2D eigenvalue weighted by Gasteiger charge is 2.49. The maximum atomic E-state index is 12.7. The zero-order valence-corrected chi connectivity index (χ0v) is 33.2. The van der Waals surface area contributed by atoms with E-state index in [1.165, 1.54) is 0 Å². The summed E-state index contributed by atoms with van der Waals surface area (Å²) >= 11 is 0. The van der Waals surface area contributed by atoms with E-state index in [1.807, 2.05) is 27.7 Å². The highest BCUT2D eigenvalue weighted by molar-refractivity contribution is 5.69. The molecule has 0 aromatic heterocycles. The molecule has 2 rings (SSSR count). The molecule has 2 saturated heterocycles. The number of unbranched alkanes of at least 4 members (excludes halogenated alkanes) is 5. The third-order valence-electron chi connectivity index (χ3n) is 9.90. The Bertz CT molecular complexity index is 906. The second-order valence-corrected chi connectivity index (χ2v) is 18.0. The van der Waals surface area contributed by atoms with E-state index in [1.54, 1.807) is 14.2 Å². The number of hydroxylamine groups is 4. The van der Waals surface area contributed by atoms with Crippen LogP contribution in [0.25, 0.3) is 0 Å². The topological polar surface area (TPSA) is 96.0 Å². The largest absolute Gasteiger partial charge is 0.462 e.